The lowest BCUT2D eigenvalue weighted by atomic mass is 9.92. The average Bonchev–Trinajstić information content (AvgIpc) is 2.43. The van der Waals surface area contributed by atoms with E-state index in [1.807, 2.05) is 0 Å². The number of hydrogen-bond acceptors (Lipinski definition) is 1. The zero-order chi connectivity index (χ0) is 17.8. The lowest BCUT2D eigenvalue weighted by Gasteiger charge is -2.18. The summed E-state index contributed by atoms with van der Waals surface area (Å²) in [4.78, 5) is 3.91. The minimum Gasteiger partial charge on any atom is -0.292 e. The standard InChI is InChI=1S/C16H17F6N/c1-4-5-6-10(2)14(23-3)11-7-12(15(17,18)19)9-13(8-11)16(20,21)22/h4-5,7-10H,6H2,1-3H3/b5-4+,23-14+. The quantitative estimate of drug-likeness (QED) is 0.377. The van der Waals surface area contributed by atoms with E-state index < -0.39 is 23.5 Å². The van der Waals surface area contributed by atoms with Gasteiger partial charge in [-0.1, -0.05) is 19.1 Å². The van der Waals surface area contributed by atoms with Gasteiger partial charge < -0.3 is 0 Å². The number of allylic oxidation sites excluding steroid dienone is 2. The van der Waals surface area contributed by atoms with Gasteiger partial charge >= 0.3 is 12.4 Å². The molecule has 128 valence electrons. The minimum absolute atomic E-state index is 0.118. The van der Waals surface area contributed by atoms with Gasteiger partial charge in [-0.05, 0) is 37.1 Å². The van der Waals surface area contributed by atoms with Crippen molar-refractivity contribution in [1.29, 1.82) is 0 Å². The lowest BCUT2D eigenvalue weighted by Crippen LogP contribution is -2.17. The first-order chi connectivity index (χ1) is 10.5. The highest BCUT2D eigenvalue weighted by Crippen LogP contribution is 2.37. The van der Waals surface area contributed by atoms with Crippen LogP contribution in [-0.4, -0.2) is 12.8 Å². The van der Waals surface area contributed by atoms with Crippen molar-refractivity contribution in [1.82, 2.24) is 0 Å². The molecule has 0 fully saturated rings. The average molecular weight is 337 g/mol. The Balaban J connectivity index is 3.44. The molecule has 0 radical (unpaired) electrons. The van der Waals surface area contributed by atoms with Crippen LogP contribution in [0.3, 0.4) is 0 Å². The highest BCUT2D eigenvalue weighted by molar-refractivity contribution is 6.02. The Bertz CT molecular complexity index is 563. The van der Waals surface area contributed by atoms with Crippen molar-refractivity contribution < 1.29 is 26.3 Å². The Labute approximate surface area is 130 Å². The van der Waals surface area contributed by atoms with Crippen LogP contribution in [0.1, 0.15) is 37.0 Å². The number of aliphatic imine (C=N–C) groups is 1. The molecule has 0 saturated heterocycles. The fourth-order valence-corrected chi connectivity index (χ4v) is 2.19. The summed E-state index contributed by atoms with van der Waals surface area (Å²) in [5.41, 5.74) is -2.62. The summed E-state index contributed by atoms with van der Waals surface area (Å²) in [6.07, 6.45) is -5.70. The molecule has 0 saturated carbocycles. The van der Waals surface area contributed by atoms with E-state index in [1.54, 1.807) is 26.0 Å². The first-order valence-electron chi connectivity index (χ1n) is 6.88. The molecule has 1 aromatic carbocycles. The van der Waals surface area contributed by atoms with Gasteiger partial charge in [-0.3, -0.25) is 4.99 Å². The van der Waals surface area contributed by atoms with Crippen LogP contribution in [0.25, 0.3) is 0 Å². The van der Waals surface area contributed by atoms with Gasteiger partial charge in [0, 0.05) is 18.7 Å². The first kappa shape index (κ1) is 19.3. The van der Waals surface area contributed by atoms with Crippen LogP contribution in [0.5, 0.6) is 0 Å². The van der Waals surface area contributed by atoms with Crippen LogP contribution in [0.4, 0.5) is 26.3 Å². The summed E-state index contributed by atoms with van der Waals surface area (Å²) in [5, 5.41) is 0. The monoisotopic (exact) mass is 337 g/mol. The molecule has 23 heavy (non-hydrogen) atoms. The summed E-state index contributed by atoms with van der Waals surface area (Å²) in [5.74, 6) is -0.305. The molecule has 0 amide bonds. The van der Waals surface area contributed by atoms with Gasteiger partial charge in [0.1, 0.15) is 0 Å². The highest BCUT2D eigenvalue weighted by Gasteiger charge is 2.37. The molecule has 1 nitrogen and oxygen atoms in total. The van der Waals surface area contributed by atoms with Crippen molar-refractivity contribution in [3.05, 3.63) is 47.0 Å². The summed E-state index contributed by atoms with van der Waals surface area (Å²) in [6, 6.07) is 1.54. The van der Waals surface area contributed by atoms with E-state index in [4.69, 9.17) is 0 Å². The van der Waals surface area contributed by atoms with Gasteiger partial charge in [-0.2, -0.15) is 26.3 Å². The maximum absolute atomic E-state index is 12.9. The lowest BCUT2D eigenvalue weighted by molar-refractivity contribution is -0.143. The van der Waals surface area contributed by atoms with Crippen LogP contribution in [0.15, 0.2) is 35.3 Å². The predicted octanol–water partition coefficient (Wildman–Crippen LogP) is 5.75. The molecule has 0 heterocycles. The second-order valence-corrected chi connectivity index (χ2v) is 5.11. The number of benzene rings is 1. The first-order valence-corrected chi connectivity index (χ1v) is 6.88. The van der Waals surface area contributed by atoms with Crippen molar-refractivity contribution in [2.24, 2.45) is 10.9 Å². The van der Waals surface area contributed by atoms with Gasteiger partial charge in [0.05, 0.1) is 11.1 Å². The Kier molecular flexibility index (Phi) is 6.02. The minimum atomic E-state index is -4.86. The topological polar surface area (TPSA) is 12.4 Å². The van der Waals surface area contributed by atoms with Crippen LogP contribution in [-0.2, 0) is 12.4 Å². The molecule has 1 unspecified atom stereocenters. The van der Waals surface area contributed by atoms with Gasteiger partial charge in [0.2, 0.25) is 0 Å². The van der Waals surface area contributed by atoms with Crippen molar-refractivity contribution >= 4 is 5.71 Å². The van der Waals surface area contributed by atoms with Gasteiger partial charge in [0.15, 0.2) is 0 Å². The maximum atomic E-state index is 12.9. The second kappa shape index (κ2) is 7.19. The summed E-state index contributed by atoms with van der Waals surface area (Å²) in [6.45, 7) is 3.48. The second-order valence-electron chi connectivity index (χ2n) is 5.11. The van der Waals surface area contributed by atoms with E-state index in [-0.39, 0.29) is 23.3 Å². The van der Waals surface area contributed by atoms with Gasteiger partial charge in [-0.25, -0.2) is 0 Å². The zero-order valence-corrected chi connectivity index (χ0v) is 12.9. The molecule has 0 N–H and O–H groups in total. The highest BCUT2D eigenvalue weighted by atomic mass is 19.4. The van der Waals surface area contributed by atoms with Crippen LogP contribution < -0.4 is 0 Å². The van der Waals surface area contributed by atoms with E-state index in [0.717, 1.165) is 0 Å². The van der Waals surface area contributed by atoms with Gasteiger partial charge in [0.25, 0.3) is 0 Å². The molecule has 0 bridgehead atoms. The van der Waals surface area contributed by atoms with Crippen molar-refractivity contribution in [2.75, 3.05) is 7.05 Å². The SMILES string of the molecule is C/C=C/CC(C)/C(=N\C)c1cc(C(F)(F)F)cc(C(F)(F)F)c1. The molecule has 1 rings (SSSR count). The molecule has 0 aliphatic heterocycles. The van der Waals surface area contributed by atoms with Crippen molar-refractivity contribution in [3.63, 3.8) is 0 Å². The van der Waals surface area contributed by atoms with Crippen LogP contribution >= 0.6 is 0 Å². The van der Waals surface area contributed by atoms with Gasteiger partial charge in [-0.15, -0.1) is 0 Å². The normalized spacial score (nSPS) is 15.3. The van der Waals surface area contributed by atoms with E-state index in [2.05, 4.69) is 4.99 Å². The number of nitrogens with zero attached hydrogens (tertiary/aromatic N) is 1. The Morgan fingerprint density at radius 3 is 1.87 bits per heavy atom. The molecule has 0 spiro atoms. The molecule has 0 aliphatic rings. The van der Waals surface area contributed by atoms with E-state index in [0.29, 0.717) is 18.6 Å². The third kappa shape index (κ3) is 5.11. The third-order valence-electron chi connectivity index (χ3n) is 3.32. The molecule has 0 aromatic heterocycles. The van der Waals surface area contributed by atoms with Crippen molar-refractivity contribution in [2.45, 2.75) is 32.6 Å². The van der Waals surface area contributed by atoms with E-state index in [9.17, 15) is 26.3 Å². The summed E-state index contributed by atoms with van der Waals surface area (Å²) >= 11 is 0. The third-order valence-corrected chi connectivity index (χ3v) is 3.32. The zero-order valence-electron chi connectivity index (χ0n) is 12.9. The fourth-order valence-electron chi connectivity index (χ4n) is 2.19. The predicted molar refractivity (Wildman–Crippen MR) is 77.5 cm³/mol. The van der Waals surface area contributed by atoms with E-state index in [1.165, 1.54) is 7.05 Å². The Morgan fingerprint density at radius 1 is 1.04 bits per heavy atom. The number of alkyl halides is 6. The molecular weight excluding hydrogens is 320 g/mol. The molecule has 1 atom stereocenters. The molecular formula is C16H17F6N. The number of halogens is 6. The summed E-state index contributed by atoms with van der Waals surface area (Å²) in [7, 11) is 1.36. The fraction of sp³-hybridized carbons (Fsp3) is 0.438. The smallest absolute Gasteiger partial charge is 0.292 e. The van der Waals surface area contributed by atoms with Crippen molar-refractivity contribution in [3.8, 4) is 0 Å². The molecule has 7 heteroatoms. The Morgan fingerprint density at radius 2 is 1.52 bits per heavy atom. The molecule has 0 aliphatic carbocycles. The maximum Gasteiger partial charge on any atom is 0.416 e. The van der Waals surface area contributed by atoms with Crippen LogP contribution in [0.2, 0.25) is 0 Å². The largest absolute Gasteiger partial charge is 0.416 e. The van der Waals surface area contributed by atoms with Crippen LogP contribution in [0, 0.1) is 5.92 Å². The Hall–Kier alpha value is -1.79. The number of hydrogen-bond donors (Lipinski definition) is 0. The van der Waals surface area contributed by atoms with E-state index >= 15 is 0 Å². The summed E-state index contributed by atoms with van der Waals surface area (Å²) < 4.78 is 77.3. The molecule has 1 aromatic rings. The number of rotatable bonds is 4.